The number of carbonyl (C=O) groups excluding carboxylic acids is 1. The maximum absolute atomic E-state index is 13.0. The summed E-state index contributed by atoms with van der Waals surface area (Å²) in [5, 5.41) is 4.20. The first-order valence-corrected chi connectivity index (χ1v) is 8.10. The average molecular weight is 336 g/mol. The van der Waals surface area contributed by atoms with E-state index in [4.69, 9.17) is 5.73 Å². The number of halogens is 1. The fourth-order valence-corrected chi connectivity index (χ4v) is 2.89. The number of pyridine rings is 2. The predicted molar refractivity (Wildman–Crippen MR) is 95.8 cm³/mol. The largest absolute Gasteiger partial charge is 0.383 e. The molecule has 1 aliphatic carbocycles. The highest BCUT2D eigenvalue weighted by molar-refractivity contribution is 5.98. The molecule has 1 aliphatic rings. The number of aryl methyl sites for hydroxylation is 1. The van der Waals surface area contributed by atoms with Crippen LogP contribution in [-0.4, -0.2) is 22.0 Å². The molecule has 3 N–H and O–H groups in total. The molecule has 0 bridgehead atoms. The lowest BCUT2D eigenvalue weighted by atomic mass is 10.0. The van der Waals surface area contributed by atoms with Gasteiger partial charge in [0.15, 0.2) is 0 Å². The van der Waals surface area contributed by atoms with Gasteiger partial charge in [0, 0.05) is 17.1 Å². The Bertz CT molecular complexity index is 988. The molecule has 5 nitrogen and oxygen atoms in total. The van der Waals surface area contributed by atoms with E-state index in [-0.39, 0.29) is 12.3 Å². The van der Waals surface area contributed by atoms with Gasteiger partial charge in [-0.15, -0.1) is 0 Å². The van der Waals surface area contributed by atoms with Crippen molar-refractivity contribution in [2.75, 3.05) is 11.1 Å². The Morgan fingerprint density at radius 2 is 2.08 bits per heavy atom. The van der Waals surface area contributed by atoms with Gasteiger partial charge in [-0.1, -0.05) is 24.3 Å². The van der Waals surface area contributed by atoms with Crippen LogP contribution in [0.4, 0.5) is 16.0 Å². The average Bonchev–Trinajstić information content (AvgIpc) is 3.32. The highest BCUT2D eigenvalue weighted by Crippen LogP contribution is 2.35. The number of benzene rings is 1. The van der Waals surface area contributed by atoms with Crippen LogP contribution in [0.5, 0.6) is 0 Å². The maximum Gasteiger partial charge on any atom is 0.231 e. The second-order valence-corrected chi connectivity index (χ2v) is 6.35. The van der Waals surface area contributed by atoms with E-state index in [1.807, 2.05) is 37.3 Å². The molecule has 2 atom stereocenters. The summed E-state index contributed by atoms with van der Waals surface area (Å²) in [6, 6.07) is 11.6. The first-order chi connectivity index (χ1) is 12.0. The summed E-state index contributed by atoms with van der Waals surface area (Å²) in [4.78, 5) is 20.6. The van der Waals surface area contributed by atoms with Gasteiger partial charge in [0.2, 0.25) is 5.91 Å². The van der Waals surface area contributed by atoms with Crippen molar-refractivity contribution < 1.29 is 9.18 Å². The van der Waals surface area contributed by atoms with Gasteiger partial charge in [-0.3, -0.25) is 4.79 Å². The van der Waals surface area contributed by atoms with Gasteiger partial charge in [-0.05, 0) is 36.4 Å². The monoisotopic (exact) mass is 336 g/mol. The highest BCUT2D eigenvalue weighted by atomic mass is 19.1. The molecule has 126 valence electrons. The van der Waals surface area contributed by atoms with Crippen molar-refractivity contribution in [1.82, 2.24) is 9.97 Å². The Morgan fingerprint density at radius 3 is 2.80 bits per heavy atom. The van der Waals surface area contributed by atoms with Gasteiger partial charge in [-0.2, -0.15) is 0 Å². The number of aromatic nitrogens is 2. The van der Waals surface area contributed by atoms with Crippen molar-refractivity contribution in [2.24, 2.45) is 5.92 Å². The molecule has 0 radical (unpaired) electrons. The van der Waals surface area contributed by atoms with Crippen molar-refractivity contribution >= 4 is 28.3 Å². The van der Waals surface area contributed by atoms with Crippen molar-refractivity contribution in [3.05, 3.63) is 48.2 Å². The minimum atomic E-state index is -1.03. The molecule has 0 saturated heterocycles. The fourth-order valence-electron chi connectivity index (χ4n) is 2.89. The molecule has 0 aliphatic heterocycles. The summed E-state index contributed by atoms with van der Waals surface area (Å²) in [7, 11) is 0. The summed E-state index contributed by atoms with van der Waals surface area (Å²) < 4.78 is 13.0. The van der Waals surface area contributed by atoms with Crippen molar-refractivity contribution in [2.45, 2.75) is 19.5 Å². The first kappa shape index (κ1) is 15.5. The zero-order chi connectivity index (χ0) is 17.6. The number of fused-ring (bicyclic) bond motifs is 1. The maximum atomic E-state index is 13.0. The molecule has 1 aromatic carbocycles. The lowest BCUT2D eigenvalue weighted by Crippen LogP contribution is -2.15. The number of nitrogens with two attached hydrogens (primary N) is 1. The number of hydrogen-bond donors (Lipinski definition) is 2. The van der Waals surface area contributed by atoms with Gasteiger partial charge >= 0.3 is 0 Å². The molecule has 2 aromatic heterocycles. The predicted octanol–water partition coefficient (Wildman–Crippen LogP) is 3.48. The molecular weight excluding hydrogens is 319 g/mol. The molecular formula is C19H17FN4O. The van der Waals surface area contributed by atoms with E-state index in [9.17, 15) is 9.18 Å². The molecule has 4 rings (SSSR count). The zero-order valence-corrected chi connectivity index (χ0v) is 13.7. The Hall–Kier alpha value is -3.02. The second-order valence-electron chi connectivity index (χ2n) is 6.35. The molecule has 1 fully saturated rings. The minimum absolute atomic E-state index is 0.285. The molecule has 0 unspecified atom stereocenters. The Balaban J connectivity index is 1.73. The number of carbonyl (C=O) groups is 1. The quantitative estimate of drug-likeness (QED) is 0.767. The van der Waals surface area contributed by atoms with Crippen molar-refractivity contribution in [3.8, 4) is 11.3 Å². The van der Waals surface area contributed by atoms with Crippen LogP contribution in [0.2, 0.25) is 0 Å². The lowest BCUT2D eigenvalue weighted by molar-refractivity contribution is -0.117. The number of rotatable bonds is 3. The third kappa shape index (κ3) is 2.91. The Labute approximate surface area is 144 Å². The van der Waals surface area contributed by atoms with E-state index in [1.165, 1.54) is 0 Å². The van der Waals surface area contributed by atoms with Crippen molar-refractivity contribution in [3.63, 3.8) is 0 Å². The second kappa shape index (κ2) is 5.81. The van der Waals surface area contributed by atoms with Crippen molar-refractivity contribution in [1.29, 1.82) is 0 Å². The third-order valence-electron chi connectivity index (χ3n) is 4.47. The molecule has 6 heteroatoms. The summed E-state index contributed by atoms with van der Waals surface area (Å²) in [5.74, 6) is -0.117. The molecule has 3 aromatic rings. The zero-order valence-electron chi connectivity index (χ0n) is 13.7. The van der Waals surface area contributed by atoms with Crippen LogP contribution in [0.1, 0.15) is 12.0 Å². The number of amides is 1. The Kier molecular flexibility index (Phi) is 3.60. The summed E-state index contributed by atoms with van der Waals surface area (Å²) in [6.45, 7) is 2.01. The van der Waals surface area contributed by atoms with Gasteiger partial charge in [0.25, 0.3) is 0 Å². The van der Waals surface area contributed by atoms with E-state index < -0.39 is 12.1 Å². The first-order valence-electron chi connectivity index (χ1n) is 8.10. The number of nitrogen functional groups attached to an aromatic ring is 1. The standard InChI is InChI=1S/C19H17FN4O/c1-10-4-2-3-5-12(10)16-6-11-7-17(22-9-14(11)18(21)23-16)24-19(25)13-8-15(13)20/h2-7,9,13,15H,8H2,1H3,(H2,21,23)(H,22,24,25)/t13-,15+/m1/s1. The van der Waals surface area contributed by atoms with E-state index in [1.54, 1.807) is 12.3 Å². The van der Waals surface area contributed by atoms with Crippen LogP contribution in [-0.2, 0) is 4.79 Å². The van der Waals surface area contributed by atoms with E-state index >= 15 is 0 Å². The number of nitrogens with zero attached hydrogens (tertiary/aromatic N) is 2. The molecule has 25 heavy (non-hydrogen) atoms. The fraction of sp³-hybridized carbons (Fsp3) is 0.211. The number of alkyl halides is 1. The SMILES string of the molecule is Cc1ccccc1-c1cc2cc(NC(=O)[C@@H]3C[C@@H]3F)ncc2c(N)n1. The number of nitrogens with one attached hydrogen (secondary N) is 1. The molecule has 0 spiro atoms. The van der Waals surface area contributed by atoms with Gasteiger partial charge in [-0.25, -0.2) is 14.4 Å². The number of anilines is 2. The van der Waals surface area contributed by atoms with Crippen LogP contribution in [0.15, 0.2) is 42.6 Å². The van der Waals surface area contributed by atoms with Gasteiger partial charge in [0.05, 0.1) is 11.6 Å². The Morgan fingerprint density at radius 1 is 1.32 bits per heavy atom. The highest BCUT2D eigenvalue weighted by Gasteiger charge is 2.43. The summed E-state index contributed by atoms with van der Waals surface area (Å²) in [5.41, 5.74) is 8.94. The van der Waals surface area contributed by atoms with Crippen LogP contribution in [0, 0.1) is 12.8 Å². The summed E-state index contributed by atoms with van der Waals surface area (Å²) in [6.07, 6.45) is 0.829. The van der Waals surface area contributed by atoms with Crippen LogP contribution < -0.4 is 11.1 Å². The van der Waals surface area contributed by atoms with Gasteiger partial charge in [0.1, 0.15) is 17.8 Å². The van der Waals surface area contributed by atoms with Gasteiger partial charge < -0.3 is 11.1 Å². The van der Waals surface area contributed by atoms with E-state index in [0.29, 0.717) is 17.0 Å². The smallest absolute Gasteiger partial charge is 0.231 e. The molecule has 1 amide bonds. The van der Waals surface area contributed by atoms with Crippen LogP contribution in [0.3, 0.4) is 0 Å². The van der Waals surface area contributed by atoms with E-state index in [2.05, 4.69) is 15.3 Å². The third-order valence-corrected chi connectivity index (χ3v) is 4.47. The van der Waals surface area contributed by atoms with E-state index in [0.717, 1.165) is 22.2 Å². The molecule has 1 saturated carbocycles. The van der Waals surface area contributed by atoms with Crippen LogP contribution in [0.25, 0.3) is 22.0 Å². The number of hydrogen-bond acceptors (Lipinski definition) is 4. The summed E-state index contributed by atoms with van der Waals surface area (Å²) >= 11 is 0. The minimum Gasteiger partial charge on any atom is -0.383 e. The van der Waals surface area contributed by atoms with Crippen LogP contribution >= 0.6 is 0 Å². The topological polar surface area (TPSA) is 80.9 Å². The molecule has 2 heterocycles. The lowest BCUT2D eigenvalue weighted by Gasteiger charge is -2.10. The normalized spacial score (nSPS) is 19.0.